The number of amides is 1. The zero-order chi connectivity index (χ0) is 12.8. The van der Waals surface area contributed by atoms with Crippen molar-refractivity contribution in [3.05, 3.63) is 22.2 Å². The van der Waals surface area contributed by atoms with E-state index in [-0.39, 0.29) is 5.91 Å². The summed E-state index contributed by atoms with van der Waals surface area (Å²) in [7, 11) is 0. The second kappa shape index (κ2) is 6.99. The summed E-state index contributed by atoms with van der Waals surface area (Å²) in [6.07, 6.45) is 0.440. The summed E-state index contributed by atoms with van der Waals surface area (Å²) in [5, 5.41) is 3.40. The minimum Gasteiger partial charge on any atom is -0.399 e. The lowest BCUT2D eigenvalue weighted by Gasteiger charge is -2.10. The van der Waals surface area contributed by atoms with Crippen LogP contribution in [0, 0.1) is 0 Å². The van der Waals surface area contributed by atoms with Crippen molar-refractivity contribution >= 4 is 52.2 Å². The fourth-order valence-electron chi connectivity index (χ4n) is 1.22. The van der Waals surface area contributed by atoms with Crippen LogP contribution in [0.2, 0.25) is 10.0 Å². The van der Waals surface area contributed by atoms with Crippen molar-refractivity contribution in [2.45, 2.75) is 13.3 Å². The topological polar surface area (TPSA) is 55.1 Å². The van der Waals surface area contributed by atoms with Gasteiger partial charge < -0.3 is 11.1 Å². The maximum atomic E-state index is 11.6. The zero-order valence-corrected chi connectivity index (χ0v) is 11.8. The van der Waals surface area contributed by atoms with Crippen LogP contribution in [0.4, 0.5) is 11.4 Å². The third-order valence-electron chi connectivity index (χ3n) is 2.01. The maximum Gasteiger partial charge on any atom is 0.225 e. The van der Waals surface area contributed by atoms with E-state index < -0.39 is 0 Å². The third-order valence-corrected chi connectivity index (χ3v) is 3.50. The minimum atomic E-state index is -0.0977. The van der Waals surface area contributed by atoms with Gasteiger partial charge in [-0.2, -0.15) is 11.8 Å². The number of halogens is 2. The van der Waals surface area contributed by atoms with E-state index in [1.165, 1.54) is 0 Å². The van der Waals surface area contributed by atoms with Crippen LogP contribution in [0.1, 0.15) is 13.3 Å². The van der Waals surface area contributed by atoms with Crippen molar-refractivity contribution in [1.29, 1.82) is 0 Å². The first kappa shape index (κ1) is 14.5. The Morgan fingerprint density at radius 3 is 2.53 bits per heavy atom. The molecule has 0 heterocycles. The van der Waals surface area contributed by atoms with Crippen LogP contribution in [0.5, 0.6) is 0 Å². The van der Waals surface area contributed by atoms with E-state index in [0.717, 1.165) is 11.5 Å². The lowest BCUT2D eigenvalue weighted by Crippen LogP contribution is -2.13. The molecule has 1 aromatic rings. The number of rotatable bonds is 5. The Labute approximate surface area is 115 Å². The first-order valence-electron chi connectivity index (χ1n) is 5.16. The number of nitrogen functional groups attached to an aromatic ring is 1. The van der Waals surface area contributed by atoms with Gasteiger partial charge in [0, 0.05) is 17.9 Å². The summed E-state index contributed by atoms with van der Waals surface area (Å²) in [4.78, 5) is 11.6. The number of carbonyl (C=O) groups is 1. The molecule has 3 nitrogen and oxygen atoms in total. The van der Waals surface area contributed by atoms with Gasteiger partial charge in [-0.25, -0.2) is 0 Å². The molecule has 1 aromatic carbocycles. The standard InChI is InChI=1S/C11H14Cl2N2OS/c1-2-17-4-3-10(16)15-11-8(12)5-7(14)6-9(11)13/h5-6H,2-4,14H2,1H3,(H,15,16). The fourth-order valence-corrected chi connectivity index (χ4v) is 2.44. The SMILES string of the molecule is CCSCCC(=O)Nc1c(Cl)cc(N)cc1Cl. The molecule has 0 saturated heterocycles. The molecule has 94 valence electrons. The second-order valence-corrected chi connectivity index (χ2v) is 5.56. The van der Waals surface area contributed by atoms with Crippen LogP contribution < -0.4 is 11.1 Å². The quantitative estimate of drug-likeness (QED) is 0.643. The van der Waals surface area contributed by atoms with Crippen LogP contribution in [0.3, 0.4) is 0 Å². The number of hydrogen-bond acceptors (Lipinski definition) is 3. The van der Waals surface area contributed by atoms with Crippen molar-refractivity contribution in [3.8, 4) is 0 Å². The first-order chi connectivity index (χ1) is 8.04. The van der Waals surface area contributed by atoms with Crippen LogP contribution in [-0.4, -0.2) is 17.4 Å². The van der Waals surface area contributed by atoms with Gasteiger partial charge >= 0.3 is 0 Å². The average Bonchev–Trinajstić information content (AvgIpc) is 2.24. The normalized spacial score (nSPS) is 10.3. The van der Waals surface area contributed by atoms with Gasteiger partial charge in [-0.1, -0.05) is 30.1 Å². The highest BCUT2D eigenvalue weighted by atomic mass is 35.5. The number of carbonyl (C=O) groups excluding carboxylic acids is 1. The van der Waals surface area contributed by atoms with E-state index in [4.69, 9.17) is 28.9 Å². The predicted molar refractivity (Wildman–Crippen MR) is 77.1 cm³/mol. The molecule has 0 radical (unpaired) electrons. The lowest BCUT2D eigenvalue weighted by molar-refractivity contribution is -0.115. The van der Waals surface area contributed by atoms with Crippen LogP contribution in [0.25, 0.3) is 0 Å². The number of nitrogens with one attached hydrogen (secondary N) is 1. The molecule has 0 fully saturated rings. The van der Waals surface area contributed by atoms with E-state index in [0.29, 0.717) is 27.8 Å². The molecule has 0 aliphatic rings. The summed E-state index contributed by atoms with van der Waals surface area (Å²) >= 11 is 13.6. The average molecular weight is 293 g/mol. The van der Waals surface area contributed by atoms with Crippen LogP contribution >= 0.6 is 35.0 Å². The molecule has 0 atom stereocenters. The van der Waals surface area contributed by atoms with Gasteiger partial charge in [-0.05, 0) is 17.9 Å². The Morgan fingerprint density at radius 2 is 2.00 bits per heavy atom. The maximum absolute atomic E-state index is 11.6. The Balaban J connectivity index is 2.65. The summed E-state index contributed by atoms with van der Waals surface area (Å²) in [5.41, 5.74) is 6.47. The smallest absolute Gasteiger partial charge is 0.225 e. The van der Waals surface area contributed by atoms with E-state index in [2.05, 4.69) is 12.2 Å². The second-order valence-electron chi connectivity index (χ2n) is 3.35. The van der Waals surface area contributed by atoms with Crippen LogP contribution in [-0.2, 0) is 4.79 Å². The number of hydrogen-bond donors (Lipinski definition) is 2. The van der Waals surface area contributed by atoms with Crippen molar-refractivity contribution in [2.24, 2.45) is 0 Å². The number of nitrogens with two attached hydrogens (primary N) is 1. The Hall–Kier alpha value is -0.580. The Bertz CT molecular complexity index is 389. The molecule has 0 bridgehead atoms. The molecule has 1 rings (SSSR count). The van der Waals surface area contributed by atoms with Crippen molar-refractivity contribution in [3.63, 3.8) is 0 Å². The molecule has 0 aliphatic carbocycles. The molecule has 1 amide bonds. The van der Waals surface area contributed by atoms with Crippen molar-refractivity contribution in [2.75, 3.05) is 22.6 Å². The van der Waals surface area contributed by atoms with Gasteiger partial charge in [0.25, 0.3) is 0 Å². The third kappa shape index (κ3) is 4.66. The fraction of sp³-hybridized carbons (Fsp3) is 0.364. The molecule has 0 aliphatic heterocycles. The molecule has 0 spiro atoms. The summed E-state index contributed by atoms with van der Waals surface area (Å²) in [6, 6.07) is 3.12. The molecular formula is C11H14Cl2N2OS. The predicted octanol–water partition coefficient (Wildman–Crippen LogP) is 3.66. The van der Waals surface area contributed by atoms with Gasteiger partial charge in [0.15, 0.2) is 0 Å². The van der Waals surface area contributed by atoms with E-state index in [9.17, 15) is 4.79 Å². The molecule has 3 N–H and O–H groups in total. The minimum absolute atomic E-state index is 0.0977. The summed E-state index contributed by atoms with van der Waals surface area (Å²) < 4.78 is 0. The highest BCUT2D eigenvalue weighted by Gasteiger charge is 2.10. The van der Waals surface area contributed by atoms with Gasteiger partial charge in [0.1, 0.15) is 0 Å². The summed E-state index contributed by atoms with van der Waals surface area (Å²) in [5.74, 6) is 1.68. The largest absolute Gasteiger partial charge is 0.399 e. The number of benzene rings is 1. The zero-order valence-electron chi connectivity index (χ0n) is 9.43. The van der Waals surface area contributed by atoms with Gasteiger partial charge in [-0.15, -0.1) is 0 Å². The molecule has 0 saturated carbocycles. The lowest BCUT2D eigenvalue weighted by atomic mass is 10.2. The monoisotopic (exact) mass is 292 g/mol. The van der Waals surface area contributed by atoms with Crippen molar-refractivity contribution in [1.82, 2.24) is 0 Å². The van der Waals surface area contributed by atoms with Gasteiger partial charge in [0.05, 0.1) is 15.7 Å². The molecule has 6 heteroatoms. The van der Waals surface area contributed by atoms with E-state index >= 15 is 0 Å². The highest BCUT2D eigenvalue weighted by molar-refractivity contribution is 7.99. The number of anilines is 2. The first-order valence-corrected chi connectivity index (χ1v) is 7.07. The highest BCUT2D eigenvalue weighted by Crippen LogP contribution is 2.32. The van der Waals surface area contributed by atoms with Gasteiger partial charge in [-0.3, -0.25) is 4.79 Å². The molecular weight excluding hydrogens is 279 g/mol. The molecule has 0 aromatic heterocycles. The molecule has 17 heavy (non-hydrogen) atoms. The van der Waals surface area contributed by atoms with Gasteiger partial charge in [0.2, 0.25) is 5.91 Å². The molecule has 0 unspecified atom stereocenters. The number of thioether (sulfide) groups is 1. The Kier molecular flexibility index (Phi) is 5.95. The van der Waals surface area contributed by atoms with E-state index in [1.54, 1.807) is 23.9 Å². The Morgan fingerprint density at radius 1 is 1.41 bits per heavy atom. The summed E-state index contributed by atoms with van der Waals surface area (Å²) in [6.45, 7) is 2.05. The van der Waals surface area contributed by atoms with Crippen molar-refractivity contribution < 1.29 is 4.79 Å². The van der Waals surface area contributed by atoms with E-state index in [1.807, 2.05) is 0 Å². The van der Waals surface area contributed by atoms with Crippen LogP contribution in [0.15, 0.2) is 12.1 Å².